The topological polar surface area (TPSA) is 69.5 Å². The van der Waals surface area contributed by atoms with Gasteiger partial charge in [-0.05, 0) is 12.5 Å². The van der Waals surface area contributed by atoms with Crippen molar-refractivity contribution in [2.75, 3.05) is 31.2 Å². The Morgan fingerprint density at radius 3 is 2.07 bits per heavy atom. The maximum Gasteiger partial charge on any atom is 0.225 e. The van der Waals surface area contributed by atoms with E-state index in [4.69, 9.17) is 10.2 Å². The molecule has 0 aliphatic rings. The van der Waals surface area contributed by atoms with Crippen molar-refractivity contribution in [2.24, 2.45) is 0 Å². The number of nitrogens with zero attached hydrogens (tertiary/aromatic N) is 3. The first kappa shape index (κ1) is 10.9. The molecular formula is C9H15N3O2. The summed E-state index contributed by atoms with van der Waals surface area (Å²) in [7, 11) is 0. The number of hydrogen-bond acceptors (Lipinski definition) is 5. The molecule has 0 aromatic carbocycles. The highest BCUT2D eigenvalue weighted by atomic mass is 16.3. The highest BCUT2D eigenvalue weighted by molar-refractivity contribution is 5.29. The summed E-state index contributed by atoms with van der Waals surface area (Å²) in [5.74, 6) is 0.540. The lowest BCUT2D eigenvalue weighted by atomic mass is 10.4. The van der Waals surface area contributed by atoms with Gasteiger partial charge in [-0.1, -0.05) is 0 Å². The van der Waals surface area contributed by atoms with Crippen LogP contribution in [0, 0.1) is 6.92 Å². The molecule has 1 rings (SSSR count). The van der Waals surface area contributed by atoms with Gasteiger partial charge in [0.2, 0.25) is 5.95 Å². The Bertz CT molecular complexity index is 257. The Kier molecular flexibility index (Phi) is 4.28. The predicted molar refractivity (Wildman–Crippen MR) is 53.2 cm³/mol. The molecule has 0 aliphatic carbocycles. The lowest BCUT2D eigenvalue weighted by molar-refractivity contribution is 0.280. The van der Waals surface area contributed by atoms with Crippen molar-refractivity contribution in [3.8, 4) is 0 Å². The second-order valence-corrected chi connectivity index (χ2v) is 2.99. The van der Waals surface area contributed by atoms with Crippen LogP contribution in [0.25, 0.3) is 0 Å². The summed E-state index contributed by atoms with van der Waals surface area (Å²) in [5, 5.41) is 17.6. The Balaban J connectivity index is 2.71. The zero-order chi connectivity index (χ0) is 10.4. The minimum Gasteiger partial charge on any atom is -0.395 e. The van der Waals surface area contributed by atoms with Crippen LogP contribution in [0.4, 0.5) is 5.95 Å². The summed E-state index contributed by atoms with van der Waals surface area (Å²) in [6.07, 6.45) is 3.42. The molecule has 78 valence electrons. The summed E-state index contributed by atoms with van der Waals surface area (Å²) in [5.41, 5.74) is 0.988. The molecule has 14 heavy (non-hydrogen) atoms. The molecule has 0 spiro atoms. The van der Waals surface area contributed by atoms with Crippen LogP contribution in [0.15, 0.2) is 12.4 Å². The summed E-state index contributed by atoms with van der Waals surface area (Å²) >= 11 is 0. The molecule has 1 aromatic heterocycles. The predicted octanol–water partition coefficient (Wildman–Crippen LogP) is -0.424. The van der Waals surface area contributed by atoms with Crippen LogP contribution in [-0.4, -0.2) is 46.5 Å². The molecule has 5 heteroatoms. The Morgan fingerprint density at radius 1 is 1.14 bits per heavy atom. The van der Waals surface area contributed by atoms with Gasteiger partial charge in [0.25, 0.3) is 0 Å². The molecule has 1 aromatic rings. The number of aromatic nitrogens is 2. The number of anilines is 1. The molecule has 0 aliphatic heterocycles. The van der Waals surface area contributed by atoms with Gasteiger partial charge in [-0.2, -0.15) is 0 Å². The Morgan fingerprint density at radius 2 is 1.64 bits per heavy atom. The van der Waals surface area contributed by atoms with Gasteiger partial charge in [-0.25, -0.2) is 9.97 Å². The molecule has 0 unspecified atom stereocenters. The first-order valence-corrected chi connectivity index (χ1v) is 4.53. The van der Waals surface area contributed by atoms with Gasteiger partial charge in [0.15, 0.2) is 0 Å². The summed E-state index contributed by atoms with van der Waals surface area (Å²) in [6.45, 7) is 2.83. The van der Waals surface area contributed by atoms with Crippen LogP contribution in [0.1, 0.15) is 5.56 Å². The summed E-state index contributed by atoms with van der Waals surface area (Å²) < 4.78 is 0. The first-order valence-electron chi connectivity index (χ1n) is 4.53. The van der Waals surface area contributed by atoms with Crippen molar-refractivity contribution in [2.45, 2.75) is 6.92 Å². The van der Waals surface area contributed by atoms with Gasteiger partial charge >= 0.3 is 0 Å². The Labute approximate surface area is 83.0 Å². The standard InChI is InChI=1S/C9H15N3O2/c1-8-6-10-9(11-7-8)12(2-4-13)3-5-14/h6-7,13-14H,2-5H2,1H3. The molecule has 0 atom stereocenters. The van der Waals surface area contributed by atoms with E-state index in [1.54, 1.807) is 17.3 Å². The number of aliphatic hydroxyl groups excluding tert-OH is 2. The fraction of sp³-hybridized carbons (Fsp3) is 0.556. The lowest BCUT2D eigenvalue weighted by Crippen LogP contribution is -2.31. The Hall–Kier alpha value is -1.20. The maximum absolute atomic E-state index is 8.80. The van der Waals surface area contributed by atoms with Crippen LogP contribution in [0.5, 0.6) is 0 Å². The highest BCUT2D eigenvalue weighted by Crippen LogP contribution is 2.05. The van der Waals surface area contributed by atoms with E-state index >= 15 is 0 Å². The van der Waals surface area contributed by atoms with Gasteiger partial charge in [-0.3, -0.25) is 0 Å². The smallest absolute Gasteiger partial charge is 0.225 e. The van der Waals surface area contributed by atoms with E-state index in [0.29, 0.717) is 19.0 Å². The van der Waals surface area contributed by atoms with Crippen LogP contribution in [0.2, 0.25) is 0 Å². The SMILES string of the molecule is Cc1cnc(N(CCO)CCO)nc1. The molecule has 2 N–H and O–H groups in total. The highest BCUT2D eigenvalue weighted by Gasteiger charge is 2.06. The third-order valence-corrected chi connectivity index (χ3v) is 1.79. The average Bonchev–Trinajstić information content (AvgIpc) is 2.19. The second kappa shape index (κ2) is 5.51. The van der Waals surface area contributed by atoms with Crippen molar-refractivity contribution in [1.82, 2.24) is 9.97 Å². The molecular weight excluding hydrogens is 182 g/mol. The van der Waals surface area contributed by atoms with E-state index in [1.165, 1.54) is 0 Å². The maximum atomic E-state index is 8.80. The molecule has 0 fully saturated rings. The largest absolute Gasteiger partial charge is 0.395 e. The van der Waals surface area contributed by atoms with E-state index in [1.807, 2.05) is 6.92 Å². The van der Waals surface area contributed by atoms with Crippen LogP contribution in [0.3, 0.4) is 0 Å². The minimum atomic E-state index is 0.0250. The quantitative estimate of drug-likeness (QED) is 0.670. The van der Waals surface area contributed by atoms with Crippen LogP contribution in [-0.2, 0) is 0 Å². The molecule has 0 amide bonds. The van der Waals surface area contributed by atoms with Gasteiger partial charge in [0.05, 0.1) is 13.2 Å². The van der Waals surface area contributed by atoms with Gasteiger partial charge in [0.1, 0.15) is 0 Å². The number of aryl methyl sites for hydroxylation is 1. The monoisotopic (exact) mass is 197 g/mol. The number of aliphatic hydroxyl groups is 2. The van der Waals surface area contributed by atoms with E-state index in [0.717, 1.165) is 5.56 Å². The van der Waals surface area contributed by atoms with E-state index in [-0.39, 0.29) is 13.2 Å². The first-order chi connectivity index (χ1) is 6.77. The van der Waals surface area contributed by atoms with Gasteiger partial charge < -0.3 is 15.1 Å². The summed E-state index contributed by atoms with van der Waals surface area (Å²) in [6, 6.07) is 0. The molecule has 0 bridgehead atoms. The van der Waals surface area contributed by atoms with E-state index < -0.39 is 0 Å². The van der Waals surface area contributed by atoms with Crippen molar-refractivity contribution in [3.63, 3.8) is 0 Å². The van der Waals surface area contributed by atoms with Crippen molar-refractivity contribution in [3.05, 3.63) is 18.0 Å². The average molecular weight is 197 g/mol. The van der Waals surface area contributed by atoms with Crippen molar-refractivity contribution in [1.29, 1.82) is 0 Å². The minimum absolute atomic E-state index is 0.0250. The second-order valence-electron chi connectivity index (χ2n) is 2.99. The number of rotatable bonds is 5. The molecule has 5 nitrogen and oxygen atoms in total. The third kappa shape index (κ3) is 2.93. The third-order valence-electron chi connectivity index (χ3n) is 1.79. The van der Waals surface area contributed by atoms with Crippen LogP contribution >= 0.6 is 0 Å². The zero-order valence-electron chi connectivity index (χ0n) is 8.22. The lowest BCUT2D eigenvalue weighted by Gasteiger charge is -2.19. The molecule has 1 heterocycles. The van der Waals surface area contributed by atoms with Gasteiger partial charge in [-0.15, -0.1) is 0 Å². The van der Waals surface area contributed by atoms with Crippen LogP contribution < -0.4 is 4.90 Å². The number of hydrogen-bond donors (Lipinski definition) is 2. The summed E-state index contributed by atoms with van der Waals surface area (Å²) in [4.78, 5) is 9.95. The van der Waals surface area contributed by atoms with Crippen molar-refractivity contribution < 1.29 is 10.2 Å². The van der Waals surface area contributed by atoms with E-state index in [9.17, 15) is 0 Å². The fourth-order valence-electron chi connectivity index (χ4n) is 1.10. The normalized spacial score (nSPS) is 10.2. The molecule has 0 saturated heterocycles. The van der Waals surface area contributed by atoms with Gasteiger partial charge in [0, 0.05) is 25.5 Å². The zero-order valence-corrected chi connectivity index (χ0v) is 8.22. The molecule has 0 radical (unpaired) electrons. The fourth-order valence-corrected chi connectivity index (χ4v) is 1.10. The van der Waals surface area contributed by atoms with Crippen molar-refractivity contribution >= 4 is 5.95 Å². The van der Waals surface area contributed by atoms with E-state index in [2.05, 4.69) is 9.97 Å². The molecule has 0 saturated carbocycles.